The van der Waals surface area contributed by atoms with Crippen LogP contribution in [-0.4, -0.2) is 30.8 Å². The quantitative estimate of drug-likeness (QED) is 0.481. The molecule has 0 aliphatic heterocycles. The third-order valence-electron chi connectivity index (χ3n) is 1.78. The van der Waals surface area contributed by atoms with Gasteiger partial charge < -0.3 is 9.79 Å². The minimum absolute atomic E-state index is 0.0979. The van der Waals surface area contributed by atoms with Crippen molar-refractivity contribution in [2.24, 2.45) is 0 Å². The molecule has 0 heterocycles. The first-order chi connectivity index (χ1) is 8.17. The maximum atomic E-state index is 13.5. The van der Waals surface area contributed by atoms with Gasteiger partial charge in [-0.1, -0.05) is 6.07 Å². The smallest absolute Gasteiger partial charge is 0.323 e. The number of benzene rings is 1. The van der Waals surface area contributed by atoms with E-state index in [2.05, 4.69) is 4.18 Å². The van der Waals surface area contributed by atoms with Crippen molar-refractivity contribution < 1.29 is 31.3 Å². The summed E-state index contributed by atoms with van der Waals surface area (Å²) in [4.78, 5) is 16.5. The fourth-order valence-electron chi connectivity index (χ4n) is 1.09. The molecule has 0 bridgehead atoms. The van der Waals surface area contributed by atoms with E-state index < -0.39 is 34.8 Å². The highest BCUT2D eigenvalue weighted by molar-refractivity contribution is 7.99. The molecular weight excluding hydrogens is 306 g/mol. The largest absolute Gasteiger partial charge is 0.352 e. The van der Waals surface area contributed by atoms with Crippen LogP contribution in [0.15, 0.2) is 28.0 Å². The van der Waals surface area contributed by atoms with E-state index in [0.29, 0.717) is 0 Å². The van der Waals surface area contributed by atoms with Gasteiger partial charge in [-0.15, -0.1) is 11.8 Å². The van der Waals surface area contributed by atoms with Crippen molar-refractivity contribution in [1.29, 1.82) is 0 Å². The van der Waals surface area contributed by atoms with Crippen LogP contribution in [0.4, 0.5) is 4.39 Å². The average molecular weight is 316 g/mol. The molecular formula is C8H10FO6PS2. The zero-order valence-corrected chi connectivity index (χ0v) is 11.6. The summed E-state index contributed by atoms with van der Waals surface area (Å²) >= 11 is 0.977. The maximum absolute atomic E-state index is 13.5. The fraction of sp³-hybridized carbons (Fsp3) is 0.250. The molecule has 0 saturated heterocycles. The number of rotatable bonds is 5. The molecule has 1 aromatic carbocycles. The highest BCUT2D eigenvalue weighted by Gasteiger charge is 2.27. The van der Waals surface area contributed by atoms with Crippen molar-refractivity contribution in [3.05, 3.63) is 24.0 Å². The lowest BCUT2D eigenvalue weighted by atomic mass is 10.3. The second kappa shape index (κ2) is 5.68. The Morgan fingerprint density at radius 1 is 1.44 bits per heavy atom. The molecule has 0 aliphatic carbocycles. The van der Waals surface area contributed by atoms with Crippen molar-refractivity contribution in [3.63, 3.8) is 0 Å². The SMILES string of the molecule is CSc1cccc(F)c1S(=O)(=O)OCP(=O)(O)O. The van der Waals surface area contributed by atoms with Crippen LogP contribution in [-0.2, 0) is 18.9 Å². The Morgan fingerprint density at radius 2 is 2.06 bits per heavy atom. The lowest BCUT2D eigenvalue weighted by molar-refractivity contribution is 0.299. The molecule has 0 fully saturated rings. The molecule has 0 atom stereocenters. The monoisotopic (exact) mass is 316 g/mol. The molecule has 6 nitrogen and oxygen atoms in total. The normalized spacial score (nSPS) is 12.7. The van der Waals surface area contributed by atoms with E-state index in [1.54, 1.807) is 0 Å². The molecule has 10 heteroatoms. The minimum atomic E-state index is -4.65. The Hall–Kier alpha value is -0.440. The Balaban J connectivity index is 3.17. The molecule has 0 radical (unpaired) electrons. The molecule has 0 aliphatic rings. The van der Waals surface area contributed by atoms with Gasteiger partial charge in [0, 0.05) is 4.90 Å². The van der Waals surface area contributed by atoms with Crippen molar-refractivity contribution in [3.8, 4) is 0 Å². The number of halogens is 1. The molecule has 1 rings (SSSR count). The van der Waals surface area contributed by atoms with Crippen LogP contribution in [0.25, 0.3) is 0 Å². The summed E-state index contributed by atoms with van der Waals surface area (Å²) in [6.45, 7) is 0. The van der Waals surface area contributed by atoms with Crippen molar-refractivity contribution in [1.82, 2.24) is 0 Å². The molecule has 0 aromatic heterocycles. The predicted molar refractivity (Wildman–Crippen MR) is 63.4 cm³/mol. The summed E-state index contributed by atoms with van der Waals surface area (Å²) in [5, 5.41) is 0. The van der Waals surface area contributed by atoms with Gasteiger partial charge in [-0.2, -0.15) is 8.42 Å². The predicted octanol–water partition coefficient (Wildman–Crippen LogP) is 1.39. The van der Waals surface area contributed by atoms with Gasteiger partial charge in [-0.25, -0.2) is 4.39 Å². The van der Waals surface area contributed by atoms with Crippen molar-refractivity contribution in [2.75, 3.05) is 12.6 Å². The highest BCUT2D eigenvalue weighted by atomic mass is 32.2. The Morgan fingerprint density at radius 3 is 2.56 bits per heavy atom. The summed E-state index contributed by atoms with van der Waals surface area (Å²) in [5.74, 6) is -1.03. The van der Waals surface area contributed by atoms with Crippen LogP contribution in [0, 0.1) is 5.82 Å². The van der Waals surface area contributed by atoms with E-state index in [4.69, 9.17) is 9.79 Å². The average Bonchev–Trinajstić information content (AvgIpc) is 2.25. The van der Waals surface area contributed by atoms with Gasteiger partial charge in [-0.05, 0) is 18.4 Å². The number of thioether (sulfide) groups is 1. The summed E-state index contributed by atoms with van der Waals surface area (Å²) in [6, 6.07) is 3.61. The van der Waals surface area contributed by atoms with Crippen LogP contribution < -0.4 is 0 Å². The van der Waals surface area contributed by atoms with Crippen molar-refractivity contribution in [2.45, 2.75) is 9.79 Å². The van der Waals surface area contributed by atoms with Gasteiger partial charge in [0.1, 0.15) is 10.7 Å². The van der Waals surface area contributed by atoms with Crippen LogP contribution in [0.1, 0.15) is 0 Å². The second-order valence-electron chi connectivity index (χ2n) is 3.14. The van der Waals surface area contributed by atoms with E-state index in [9.17, 15) is 17.4 Å². The van der Waals surface area contributed by atoms with Crippen LogP contribution >= 0.6 is 19.4 Å². The van der Waals surface area contributed by atoms with Gasteiger partial charge in [0.2, 0.25) is 0 Å². The third-order valence-corrected chi connectivity index (χ3v) is 4.67. The lowest BCUT2D eigenvalue weighted by Crippen LogP contribution is -2.11. The lowest BCUT2D eigenvalue weighted by Gasteiger charge is -2.10. The molecule has 0 unspecified atom stereocenters. The van der Waals surface area contributed by atoms with Gasteiger partial charge in [0.15, 0.2) is 6.35 Å². The van der Waals surface area contributed by atoms with E-state index in [-0.39, 0.29) is 4.90 Å². The van der Waals surface area contributed by atoms with E-state index in [1.807, 2.05) is 0 Å². The fourth-order valence-corrected chi connectivity index (χ4v) is 3.99. The first-order valence-electron chi connectivity index (χ1n) is 4.44. The van der Waals surface area contributed by atoms with E-state index in [1.165, 1.54) is 18.4 Å². The summed E-state index contributed by atoms with van der Waals surface area (Å²) in [6.07, 6.45) is 0.217. The molecule has 18 heavy (non-hydrogen) atoms. The van der Waals surface area contributed by atoms with E-state index >= 15 is 0 Å². The summed E-state index contributed by atoms with van der Waals surface area (Å²) in [5.41, 5.74) is 0. The van der Waals surface area contributed by atoms with Gasteiger partial charge in [0.25, 0.3) is 0 Å². The highest BCUT2D eigenvalue weighted by Crippen LogP contribution is 2.36. The molecule has 2 N–H and O–H groups in total. The number of hydrogen-bond donors (Lipinski definition) is 2. The van der Waals surface area contributed by atoms with Gasteiger partial charge in [0.05, 0.1) is 0 Å². The van der Waals surface area contributed by atoms with Gasteiger partial charge >= 0.3 is 17.7 Å². The molecule has 0 amide bonds. The minimum Gasteiger partial charge on any atom is -0.323 e. The Bertz CT molecular complexity index is 581. The summed E-state index contributed by atoms with van der Waals surface area (Å²) in [7, 11) is -9.21. The van der Waals surface area contributed by atoms with Crippen LogP contribution in [0.3, 0.4) is 0 Å². The molecule has 1 aromatic rings. The zero-order chi connectivity index (χ0) is 14.0. The Kier molecular flexibility index (Phi) is 4.93. The molecule has 102 valence electrons. The Labute approximate surface area is 107 Å². The molecule has 0 spiro atoms. The molecule has 0 saturated carbocycles. The van der Waals surface area contributed by atoms with E-state index in [0.717, 1.165) is 17.8 Å². The second-order valence-corrected chi connectivity index (χ2v) is 7.12. The van der Waals surface area contributed by atoms with Gasteiger partial charge in [-0.3, -0.25) is 8.75 Å². The standard InChI is InChI=1S/C8H10FO6PS2/c1-17-7-4-2-3-6(9)8(7)18(13,14)15-5-16(10,11)12/h2-4H,5H2,1H3,(H2,10,11,12). The van der Waals surface area contributed by atoms with Crippen LogP contribution in [0.2, 0.25) is 0 Å². The summed E-state index contributed by atoms with van der Waals surface area (Å²) < 4.78 is 51.5. The first-order valence-corrected chi connectivity index (χ1v) is 8.87. The first kappa shape index (κ1) is 15.6. The zero-order valence-electron chi connectivity index (χ0n) is 9.11. The maximum Gasteiger partial charge on any atom is 0.352 e. The third kappa shape index (κ3) is 4.04. The van der Waals surface area contributed by atoms with Crippen LogP contribution in [0.5, 0.6) is 0 Å². The number of hydrogen-bond acceptors (Lipinski definition) is 5. The topological polar surface area (TPSA) is 101 Å². The van der Waals surface area contributed by atoms with Crippen molar-refractivity contribution >= 4 is 29.5 Å².